The van der Waals surface area contributed by atoms with Gasteiger partial charge in [-0.15, -0.1) is 0 Å². The van der Waals surface area contributed by atoms with Crippen molar-refractivity contribution in [1.82, 2.24) is 9.55 Å². The number of nitrogens with zero attached hydrogens (tertiary/aromatic N) is 2. The summed E-state index contributed by atoms with van der Waals surface area (Å²) in [7, 11) is 2.01. The number of hydrogen-bond acceptors (Lipinski definition) is 3. The lowest BCUT2D eigenvalue weighted by molar-refractivity contribution is -0.0626. The molecule has 4 aromatic rings. The van der Waals surface area contributed by atoms with Crippen LogP contribution < -0.4 is 4.74 Å². The highest BCUT2D eigenvalue weighted by molar-refractivity contribution is 6.32. The van der Waals surface area contributed by atoms with Crippen molar-refractivity contribution in [3.05, 3.63) is 47.5 Å². The zero-order valence-electron chi connectivity index (χ0n) is 14.4. The van der Waals surface area contributed by atoms with Crippen LogP contribution in [0.4, 0.5) is 0 Å². The molecule has 0 amide bonds. The van der Waals surface area contributed by atoms with Gasteiger partial charge in [-0.05, 0) is 43.5 Å². The van der Waals surface area contributed by atoms with E-state index in [1.165, 1.54) is 0 Å². The number of fused-ring (bicyclic) bond motifs is 5. The van der Waals surface area contributed by atoms with Gasteiger partial charge in [0.25, 0.3) is 0 Å². The lowest BCUT2D eigenvalue weighted by Gasteiger charge is -2.15. The summed E-state index contributed by atoms with van der Waals surface area (Å²) in [4.78, 5) is 4.81. The second-order valence-corrected chi connectivity index (χ2v) is 6.46. The van der Waals surface area contributed by atoms with Gasteiger partial charge in [0, 0.05) is 34.8 Å². The summed E-state index contributed by atoms with van der Waals surface area (Å²) < 4.78 is 13.6. The van der Waals surface area contributed by atoms with Gasteiger partial charge in [-0.25, -0.2) is 0 Å². The fourth-order valence-electron chi connectivity index (χ4n) is 3.36. The van der Waals surface area contributed by atoms with E-state index in [1.807, 2.05) is 57.3 Å². The van der Waals surface area contributed by atoms with Crippen LogP contribution in [0.1, 0.15) is 13.8 Å². The number of ether oxygens (including phenoxy) is 2. The van der Waals surface area contributed by atoms with Gasteiger partial charge >= 0.3 is 0 Å². The molecule has 128 valence electrons. The van der Waals surface area contributed by atoms with Crippen molar-refractivity contribution in [2.75, 3.05) is 6.61 Å². The van der Waals surface area contributed by atoms with Crippen LogP contribution in [0.2, 0.25) is 5.02 Å². The van der Waals surface area contributed by atoms with E-state index >= 15 is 0 Å². The van der Waals surface area contributed by atoms with Crippen LogP contribution in [0.25, 0.3) is 32.7 Å². The Labute approximate surface area is 150 Å². The maximum atomic E-state index is 6.24. The Morgan fingerprint density at radius 3 is 2.64 bits per heavy atom. The smallest absolute Gasteiger partial charge is 0.225 e. The number of aryl methyl sites for hydroxylation is 1. The molecule has 1 unspecified atom stereocenters. The van der Waals surface area contributed by atoms with Crippen LogP contribution in [-0.2, 0) is 11.8 Å². The predicted molar refractivity (Wildman–Crippen MR) is 102 cm³/mol. The standard InChI is InChI=1S/C20H19ClN2O2/c1-4-24-12(2)25-20-15-8-6-5-7-14(15)18-16-11-13(21)9-10-17(16)23(3)19(18)22-20/h5-12H,4H2,1-3H3. The first kappa shape index (κ1) is 16.2. The monoisotopic (exact) mass is 354 g/mol. The summed E-state index contributed by atoms with van der Waals surface area (Å²) in [6, 6.07) is 14.1. The molecule has 0 saturated carbocycles. The maximum Gasteiger partial charge on any atom is 0.225 e. The van der Waals surface area contributed by atoms with Gasteiger partial charge in [-0.2, -0.15) is 4.98 Å². The first-order valence-electron chi connectivity index (χ1n) is 8.34. The molecule has 0 radical (unpaired) electrons. The first-order chi connectivity index (χ1) is 12.1. The number of benzene rings is 2. The van der Waals surface area contributed by atoms with E-state index in [1.54, 1.807) is 0 Å². The molecule has 0 spiro atoms. The Hall–Kier alpha value is -2.30. The van der Waals surface area contributed by atoms with Gasteiger partial charge in [0.05, 0.1) is 5.52 Å². The second-order valence-electron chi connectivity index (χ2n) is 6.02. The number of aromatic nitrogens is 2. The summed E-state index contributed by atoms with van der Waals surface area (Å²) in [5, 5.41) is 4.97. The fraction of sp³-hybridized carbons (Fsp3) is 0.250. The molecule has 0 saturated heterocycles. The Bertz CT molecular complexity index is 1090. The highest BCUT2D eigenvalue weighted by Crippen LogP contribution is 2.37. The largest absolute Gasteiger partial charge is 0.448 e. The molecule has 1 atom stereocenters. The highest BCUT2D eigenvalue weighted by atomic mass is 35.5. The Morgan fingerprint density at radius 2 is 1.88 bits per heavy atom. The van der Waals surface area contributed by atoms with Gasteiger partial charge < -0.3 is 14.0 Å². The van der Waals surface area contributed by atoms with Gasteiger partial charge in [0.2, 0.25) is 5.88 Å². The third-order valence-electron chi connectivity index (χ3n) is 4.44. The quantitative estimate of drug-likeness (QED) is 0.467. The van der Waals surface area contributed by atoms with E-state index in [2.05, 4.69) is 10.6 Å². The average Bonchev–Trinajstić information content (AvgIpc) is 2.87. The van der Waals surface area contributed by atoms with E-state index in [-0.39, 0.29) is 6.29 Å². The van der Waals surface area contributed by atoms with Crippen LogP contribution in [0.5, 0.6) is 5.88 Å². The molecule has 2 aromatic carbocycles. The van der Waals surface area contributed by atoms with Crippen LogP contribution in [0, 0.1) is 0 Å². The molecule has 2 heterocycles. The minimum Gasteiger partial charge on any atom is -0.448 e. The zero-order valence-corrected chi connectivity index (χ0v) is 15.2. The van der Waals surface area contributed by atoms with Gasteiger partial charge in [-0.1, -0.05) is 29.8 Å². The van der Waals surface area contributed by atoms with Crippen molar-refractivity contribution >= 4 is 44.3 Å². The van der Waals surface area contributed by atoms with Crippen molar-refractivity contribution in [2.45, 2.75) is 20.1 Å². The number of pyridine rings is 1. The van der Waals surface area contributed by atoms with Gasteiger partial charge in [0.15, 0.2) is 6.29 Å². The molecule has 0 aliphatic carbocycles. The Kier molecular flexibility index (Phi) is 4.02. The third kappa shape index (κ3) is 2.62. The molecule has 4 rings (SSSR count). The highest BCUT2D eigenvalue weighted by Gasteiger charge is 2.18. The minimum atomic E-state index is -0.359. The molecular weight excluding hydrogens is 336 g/mol. The minimum absolute atomic E-state index is 0.359. The van der Waals surface area contributed by atoms with Crippen molar-refractivity contribution in [3.63, 3.8) is 0 Å². The van der Waals surface area contributed by atoms with E-state index in [9.17, 15) is 0 Å². The van der Waals surface area contributed by atoms with Crippen molar-refractivity contribution < 1.29 is 9.47 Å². The van der Waals surface area contributed by atoms with E-state index in [0.29, 0.717) is 12.5 Å². The van der Waals surface area contributed by atoms with Crippen molar-refractivity contribution in [1.29, 1.82) is 0 Å². The summed E-state index contributed by atoms with van der Waals surface area (Å²) in [6.07, 6.45) is -0.359. The van der Waals surface area contributed by atoms with Gasteiger partial charge in [0.1, 0.15) is 5.65 Å². The summed E-state index contributed by atoms with van der Waals surface area (Å²) in [5.74, 6) is 0.584. The van der Waals surface area contributed by atoms with Crippen LogP contribution in [0.15, 0.2) is 42.5 Å². The fourth-order valence-corrected chi connectivity index (χ4v) is 3.53. The van der Waals surface area contributed by atoms with E-state index in [4.69, 9.17) is 26.1 Å². The normalized spacial score (nSPS) is 13.0. The van der Waals surface area contributed by atoms with Crippen molar-refractivity contribution in [2.24, 2.45) is 7.05 Å². The third-order valence-corrected chi connectivity index (χ3v) is 4.68. The average molecular weight is 355 g/mol. The molecule has 0 bridgehead atoms. The van der Waals surface area contributed by atoms with Crippen molar-refractivity contribution in [3.8, 4) is 5.88 Å². The summed E-state index contributed by atoms with van der Waals surface area (Å²) >= 11 is 6.24. The molecule has 0 aliphatic rings. The van der Waals surface area contributed by atoms with E-state index in [0.717, 1.165) is 37.7 Å². The molecule has 25 heavy (non-hydrogen) atoms. The summed E-state index contributed by atoms with van der Waals surface area (Å²) in [5.41, 5.74) is 1.96. The zero-order chi connectivity index (χ0) is 17.6. The number of halogens is 1. The molecule has 2 aromatic heterocycles. The molecule has 0 aliphatic heterocycles. The Balaban J connectivity index is 2.08. The van der Waals surface area contributed by atoms with Crippen LogP contribution in [0.3, 0.4) is 0 Å². The van der Waals surface area contributed by atoms with E-state index < -0.39 is 0 Å². The molecule has 0 fully saturated rings. The number of rotatable bonds is 4. The van der Waals surface area contributed by atoms with Gasteiger partial charge in [-0.3, -0.25) is 0 Å². The predicted octanol–water partition coefficient (Wildman–Crippen LogP) is 5.29. The maximum absolute atomic E-state index is 6.24. The lowest BCUT2D eigenvalue weighted by atomic mass is 10.1. The van der Waals surface area contributed by atoms with Crippen LogP contribution in [-0.4, -0.2) is 22.4 Å². The molecule has 4 nitrogen and oxygen atoms in total. The molecule has 5 heteroatoms. The SMILES string of the molecule is CCOC(C)Oc1nc2c(c3ccccc13)c1cc(Cl)ccc1n2C. The Morgan fingerprint density at radius 1 is 1.12 bits per heavy atom. The molecular formula is C20H19ClN2O2. The lowest BCUT2D eigenvalue weighted by Crippen LogP contribution is -2.17. The topological polar surface area (TPSA) is 36.3 Å². The second kappa shape index (κ2) is 6.21. The van der Waals surface area contributed by atoms with Crippen LogP contribution >= 0.6 is 11.6 Å². The number of hydrogen-bond donors (Lipinski definition) is 0. The molecule has 0 N–H and O–H groups in total. The summed E-state index contributed by atoms with van der Waals surface area (Å²) in [6.45, 7) is 4.42. The first-order valence-corrected chi connectivity index (χ1v) is 8.72.